The van der Waals surface area contributed by atoms with Gasteiger partial charge in [0.2, 0.25) is 0 Å². The predicted molar refractivity (Wildman–Crippen MR) is 318 cm³/mol. The molecule has 35 nitrogen and oxygen atoms in total. The summed E-state index contributed by atoms with van der Waals surface area (Å²) in [6.45, 7) is 23.6. The first-order chi connectivity index (χ1) is 42.4. The van der Waals surface area contributed by atoms with Crippen molar-refractivity contribution < 1.29 is 169 Å². The molecule has 14 unspecified atom stereocenters. The van der Waals surface area contributed by atoms with Crippen LogP contribution in [0, 0.1) is 0 Å². The van der Waals surface area contributed by atoms with E-state index in [-0.39, 0.29) is 135 Å². The van der Waals surface area contributed by atoms with Crippen molar-refractivity contribution in [3.63, 3.8) is 0 Å². The summed E-state index contributed by atoms with van der Waals surface area (Å²) >= 11 is 0. The van der Waals surface area contributed by atoms with Crippen molar-refractivity contribution in [1.82, 2.24) is 0 Å². The number of hydrogen-bond donors (Lipinski definition) is 7. The van der Waals surface area contributed by atoms with Crippen molar-refractivity contribution in [2.45, 2.75) is 182 Å². The van der Waals surface area contributed by atoms with Gasteiger partial charge in [0.15, 0.2) is 0 Å². The summed E-state index contributed by atoms with van der Waals surface area (Å²) in [7, 11) is 10.7. The van der Waals surface area contributed by atoms with Crippen molar-refractivity contribution in [2.75, 3.05) is 142 Å². The Morgan fingerprint density at radius 1 is 0.187 bits per heavy atom. The lowest BCUT2D eigenvalue weighted by molar-refractivity contribution is -0.00548. The van der Waals surface area contributed by atoms with Gasteiger partial charge < -0.3 is 135 Å². The molecule has 7 N–H and O–H groups in total. The molecule has 0 amide bonds. The lowest BCUT2D eigenvalue weighted by atomic mass is 10.4. The highest BCUT2D eigenvalue weighted by Gasteiger charge is 2.14. The number of carbonyl (C=O) groups excluding carboxylic acids is 7. The number of hydrogen-bond acceptors (Lipinski definition) is 35. The van der Waals surface area contributed by atoms with Crippen LogP contribution in [0.1, 0.15) is 96.9 Å². The zero-order chi connectivity index (χ0) is 71.9. The first-order valence-electron chi connectivity index (χ1n) is 28.4. The van der Waals surface area contributed by atoms with Crippen LogP contribution in [0.25, 0.3) is 0 Å². The van der Waals surface area contributed by atoms with Gasteiger partial charge in [-0.05, 0) is 96.9 Å². The molecule has 0 aliphatic rings. The molecule has 0 heterocycles. The maximum atomic E-state index is 10.8. The number of methoxy groups -OCH3 is 7. The highest BCUT2D eigenvalue weighted by atomic mass is 16.8. The minimum atomic E-state index is -0.787. The minimum Gasteiger partial charge on any atom is -0.432 e. The lowest BCUT2D eigenvalue weighted by Gasteiger charge is -2.10. The molecular formula is C56H112O35. The molecule has 0 aromatic carbocycles. The summed E-state index contributed by atoms with van der Waals surface area (Å²) < 4.78 is 98.2. The van der Waals surface area contributed by atoms with Gasteiger partial charge in [-0.1, -0.05) is 0 Å². The van der Waals surface area contributed by atoms with E-state index in [4.69, 9.17) is 68.9 Å². The number of ether oxygens (including phenoxy) is 21. The van der Waals surface area contributed by atoms with Crippen LogP contribution >= 0.6 is 0 Å². The van der Waals surface area contributed by atoms with E-state index in [1.165, 1.54) is 98.2 Å². The van der Waals surface area contributed by atoms with Crippen LogP contribution in [0.2, 0.25) is 0 Å². The van der Waals surface area contributed by atoms with Crippen LogP contribution in [0.3, 0.4) is 0 Å². The molecule has 0 aliphatic carbocycles. The van der Waals surface area contributed by atoms with E-state index in [9.17, 15) is 33.6 Å². The van der Waals surface area contributed by atoms with Gasteiger partial charge in [-0.3, -0.25) is 0 Å². The van der Waals surface area contributed by atoms with Crippen LogP contribution < -0.4 is 0 Å². The van der Waals surface area contributed by atoms with Gasteiger partial charge in [-0.25, -0.2) is 33.6 Å². The highest BCUT2D eigenvalue weighted by Crippen LogP contribution is 2.00. The predicted octanol–water partition coefficient (Wildman–Crippen LogP) is 3.89. The minimum absolute atomic E-state index is 0.0554. The van der Waals surface area contributed by atoms with E-state index >= 15 is 0 Å². The lowest BCUT2D eigenvalue weighted by Crippen LogP contribution is -2.21. The average molecular weight is 1350 g/mol. The van der Waals surface area contributed by atoms with Crippen molar-refractivity contribution in [2.24, 2.45) is 0 Å². The molecule has 0 rings (SSSR count). The standard InChI is InChI=1S/7C8H16O5/c7*1-6(9)4-12-8(10)13-5-7(2)11-3/h7*6-7,9H,4-5H2,1-3H3. The molecule has 0 fully saturated rings. The third-order valence-electron chi connectivity index (χ3n) is 8.96. The molecule has 0 spiro atoms. The van der Waals surface area contributed by atoms with Crippen LogP contribution in [-0.2, 0) is 99.5 Å². The monoisotopic (exact) mass is 1340 g/mol. The van der Waals surface area contributed by atoms with Crippen LogP contribution in [0.4, 0.5) is 33.6 Å². The molecule has 546 valence electrons. The van der Waals surface area contributed by atoms with E-state index < -0.39 is 85.8 Å². The summed E-state index contributed by atoms with van der Waals surface area (Å²) in [6, 6.07) is 0. The zero-order valence-electron chi connectivity index (χ0n) is 57.0. The highest BCUT2D eigenvalue weighted by molar-refractivity contribution is 5.61. The summed E-state index contributed by atoms with van der Waals surface area (Å²) in [5, 5.41) is 61.4. The fourth-order valence-electron chi connectivity index (χ4n) is 3.39. The number of aliphatic hydroxyl groups is 7. The van der Waals surface area contributed by atoms with E-state index in [0.717, 1.165) is 0 Å². The smallest absolute Gasteiger partial charge is 0.432 e. The molecule has 0 radical (unpaired) electrons. The fourth-order valence-corrected chi connectivity index (χ4v) is 3.39. The summed E-state index contributed by atoms with van der Waals surface area (Å²) in [6.07, 6.45) is -11.3. The van der Waals surface area contributed by atoms with Crippen molar-refractivity contribution >= 4 is 43.1 Å². The summed E-state index contributed by atoms with van der Waals surface area (Å²) in [5.41, 5.74) is 0. The maximum Gasteiger partial charge on any atom is 0.508 e. The van der Waals surface area contributed by atoms with Gasteiger partial charge >= 0.3 is 43.1 Å². The van der Waals surface area contributed by atoms with Gasteiger partial charge in [-0.2, -0.15) is 0 Å². The van der Waals surface area contributed by atoms with Gasteiger partial charge in [0.25, 0.3) is 0 Å². The van der Waals surface area contributed by atoms with E-state index in [1.54, 1.807) is 48.5 Å². The Kier molecular flexibility index (Phi) is 74.7. The molecule has 0 aromatic heterocycles. The van der Waals surface area contributed by atoms with E-state index in [0.29, 0.717) is 0 Å². The second-order valence-electron chi connectivity index (χ2n) is 19.4. The second kappa shape index (κ2) is 68.7. The third-order valence-corrected chi connectivity index (χ3v) is 8.96. The van der Waals surface area contributed by atoms with Crippen molar-refractivity contribution in [3.05, 3.63) is 0 Å². The molecule has 91 heavy (non-hydrogen) atoms. The molecule has 0 aromatic rings. The van der Waals surface area contributed by atoms with Crippen molar-refractivity contribution in [3.8, 4) is 0 Å². The summed E-state index contributed by atoms with van der Waals surface area (Å²) in [5.74, 6) is 0. The van der Waals surface area contributed by atoms with E-state index in [2.05, 4.69) is 66.3 Å². The van der Waals surface area contributed by atoms with Crippen LogP contribution in [0.5, 0.6) is 0 Å². The number of aliphatic hydroxyl groups excluding tert-OH is 7. The Morgan fingerprint density at radius 3 is 0.330 bits per heavy atom. The summed E-state index contributed by atoms with van der Waals surface area (Å²) in [4.78, 5) is 75.3. The van der Waals surface area contributed by atoms with E-state index in [1.807, 2.05) is 0 Å². The van der Waals surface area contributed by atoms with Crippen LogP contribution in [-0.4, -0.2) is 307 Å². The zero-order valence-corrected chi connectivity index (χ0v) is 57.0. The molecule has 14 atom stereocenters. The first-order valence-corrected chi connectivity index (χ1v) is 28.4. The molecule has 0 saturated heterocycles. The Hall–Kier alpha value is -5.67. The maximum absolute atomic E-state index is 10.8. The van der Waals surface area contributed by atoms with Gasteiger partial charge in [0.05, 0.1) is 85.5 Å². The van der Waals surface area contributed by atoms with Gasteiger partial charge in [-0.15, -0.1) is 0 Å². The van der Waals surface area contributed by atoms with Gasteiger partial charge in [0, 0.05) is 49.8 Å². The normalized spacial score (nSPS) is 14.8. The quantitative estimate of drug-likeness (QED) is 0.0349. The van der Waals surface area contributed by atoms with Gasteiger partial charge in [0.1, 0.15) is 92.5 Å². The molecule has 0 saturated carbocycles. The first kappa shape index (κ1) is 98.9. The molecule has 35 heteroatoms. The average Bonchev–Trinajstić information content (AvgIpc) is 3.52. The number of carbonyl (C=O) groups is 7. The number of rotatable bonds is 35. The Labute approximate surface area is 535 Å². The third kappa shape index (κ3) is 93.2. The SMILES string of the molecule is COC(C)COC(=O)OCC(C)O.COC(C)COC(=O)OCC(C)O.COC(C)COC(=O)OCC(C)O.COC(C)COC(=O)OCC(C)O.COC(C)COC(=O)OCC(C)O.COC(C)COC(=O)OCC(C)O.COC(C)COC(=O)OCC(C)O. The molecule has 0 bridgehead atoms. The Balaban J connectivity index is -0.000000181. The Bertz CT molecular complexity index is 1350. The Morgan fingerprint density at radius 2 is 0.264 bits per heavy atom. The topological polar surface area (TPSA) is 455 Å². The molecule has 0 aliphatic heterocycles. The van der Waals surface area contributed by atoms with Crippen LogP contribution in [0.15, 0.2) is 0 Å². The largest absolute Gasteiger partial charge is 0.508 e. The molecular weight excluding hydrogens is 1230 g/mol. The second-order valence-corrected chi connectivity index (χ2v) is 19.4. The fraction of sp³-hybridized carbons (Fsp3) is 0.875. The van der Waals surface area contributed by atoms with Crippen molar-refractivity contribution in [1.29, 1.82) is 0 Å².